The third kappa shape index (κ3) is 3.13. The number of carbonyl (C=O) groups excluding carboxylic acids is 1. The molecule has 2 aromatic carbocycles. The van der Waals surface area contributed by atoms with Crippen molar-refractivity contribution < 1.29 is 13.9 Å². The predicted molar refractivity (Wildman–Crippen MR) is 103 cm³/mol. The molecule has 1 aliphatic heterocycles. The monoisotopic (exact) mass is 381 g/mol. The molecule has 6 nitrogen and oxygen atoms in total. The van der Waals surface area contributed by atoms with E-state index in [1.165, 1.54) is 19.2 Å². The molecule has 0 fully saturated rings. The molecule has 0 radical (unpaired) electrons. The fourth-order valence-corrected chi connectivity index (χ4v) is 3.54. The van der Waals surface area contributed by atoms with Gasteiger partial charge in [-0.2, -0.15) is 0 Å². The number of nitrogens with zero attached hydrogens (tertiary/aromatic N) is 2. The van der Waals surface area contributed by atoms with Crippen molar-refractivity contribution in [2.75, 3.05) is 7.11 Å². The Hall–Kier alpha value is -3.22. The van der Waals surface area contributed by atoms with Crippen LogP contribution in [0.1, 0.15) is 41.1 Å². The highest BCUT2D eigenvalue weighted by molar-refractivity contribution is 5.97. The van der Waals surface area contributed by atoms with Gasteiger partial charge in [0.2, 0.25) is 0 Å². The molecule has 1 aliphatic rings. The maximum Gasteiger partial charge on any atom is 0.261 e. The number of ether oxygens (including phenoxy) is 1. The van der Waals surface area contributed by atoms with E-state index in [2.05, 4.69) is 10.3 Å². The van der Waals surface area contributed by atoms with Crippen molar-refractivity contribution in [3.63, 3.8) is 0 Å². The third-order valence-electron chi connectivity index (χ3n) is 5.10. The van der Waals surface area contributed by atoms with E-state index >= 15 is 0 Å². The molecule has 1 amide bonds. The van der Waals surface area contributed by atoms with E-state index in [0.29, 0.717) is 28.6 Å². The summed E-state index contributed by atoms with van der Waals surface area (Å²) in [6, 6.07) is 9.07. The number of fused-ring (bicyclic) bond motifs is 2. The van der Waals surface area contributed by atoms with Gasteiger partial charge in [-0.1, -0.05) is 6.07 Å². The Morgan fingerprint density at radius 3 is 2.86 bits per heavy atom. The van der Waals surface area contributed by atoms with Crippen molar-refractivity contribution in [1.82, 2.24) is 14.9 Å². The minimum Gasteiger partial charge on any atom is -0.494 e. The number of aromatic nitrogens is 2. The van der Waals surface area contributed by atoms with Crippen LogP contribution >= 0.6 is 0 Å². The number of aryl methyl sites for hydroxylation is 1. The zero-order valence-electron chi connectivity index (χ0n) is 15.7. The number of halogens is 1. The molecule has 28 heavy (non-hydrogen) atoms. The van der Waals surface area contributed by atoms with Crippen LogP contribution in [0.5, 0.6) is 5.75 Å². The lowest BCUT2D eigenvalue weighted by Crippen LogP contribution is -2.27. The van der Waals surface area contributed by atoms with E-state index in [4.69, 9.17) is 4.74 Å². The number of hydrogen-bond acceptors (Lipinski definition) is 4. The molecule has 4 rings (SSSR count). The highest BCUT2D eigenvalue weighted by Gasteiger charge is 2.18. The van der Waals surface area contributed by atoms with Gasteiger partial charge in [0.25, 0.3) is 11.5 Å². The Morgan fingerprint density at radius 1 is 1.29 bits per heavy atom. The summed E-state index contributed by atoms with van der Waals surface area (Å²) in [7, 11) is 1.40. The highest BCUT2D eigenvalue weighted by atomic mass is 19.1. The quantitative estimate of drug-likeness (QED) is 0.754. The average molecular weight is 381 g/mol. The van der Waals surface area contributed by atoms with Crippen LogP contribution in [-0.4, -0.2) is 22.6 Å². The van der Waals surface area contributed by atoms with Crippen LogP contribution in [0.4, 0.5) is 4.39 Å². The van der Waals surface area contributed by atoms with Gasteiger partial charge < -0.3 is 10.1 Å². The summed E-state index contributed by atoms with van der Waals surface area (Å²) in [5.41, 5.74) is 1.49. The number of benzene rings is 2. The number of carbonyl (C=O) groups is 1. The van der Waals surface area contributed by atoms with Crippen LogP contribution in [0.25, 0.3) is 10.9 Å². The van der Waals surface area contributed by atoms with Gasteiger partial charge >= 0.3 is 0 Å². The van der Waals surface area contributed by atoms with E-state index in [1.54, 1.807) is 35.8 Å². The predicted octanol–water partition coefficient (Wildman–Crippen LogP) is 2.98. The summed E-state index contributed by atoms with van der Waals surface area (Å²) >= 11 is 0. The molecular weight excluding hydrogens is 361 g/mol. The molecule has 1 aromatic heterocycles. The molecule has 3 aromatic rings. The van der Waals surface area contributed by atoms with Crippen LogP contribution in [0.3, 0.4) is 0 Å². The van der Waals surface area contributed by atoms with Gasteiger partial charge in [-0.25, -0.2) is 9.37 Å². The van der Waals surface area contributed by atoms with Crippen molar-refractivity contribution >= 4 is 16.8 Å². The van der Waals surface area contributed by atoms with Gasteiger partial charge in [-0.05, 0) is 49.2 Å². The lowest BCUT2D eigenvalue weighted by atomic mass is 10.1. The normalized spacial score (nSPS) is 14.0. The summed E-state index contributed by atoms with van der Waals surface area (Å²) < 4.78 is 20.5. The Morgan fingerprint density at radius 2 is 2.11 bits per heavy atom. The summed E-state index contributed by atoms with van der Waals surface area (Å²) in [6.45, 7) is 2.47. The standard InChI is InChI=1S/C21H20FN3O3/c1-12(13-6-8-18(28-2)16(22)10-13)23-20(26)14-5-7-15-17(11-14)24-19-4-3-9-25(19)21(15)27/h5-8,10-12H,3-4,9H2,1-2H3,(H,23,26)/t12-/m1/s1. The largest absolute Gasteiger partial charge is 0.494 e. The number of nitrogens with one attached hydrogen (secondary N) is 1. The van der Waals surface area contributed by atoms with Gasteiger partial charge in [0.1, 0.15) is 5.82 Å². The van der Waals surface area contributed by atoms with Crippen LogP contribution in [0, 0.1) is 5.82 Å². The van der Waals surface area contributed by atoms with Gasteiger partial charge in [-0.15, -0.1) is 0 Å². The second kappa shape index (κ2) is 7.07. The van der Waals surface area contributed by atoms with Crippen molar-refractivity contribution in [3.8, 4) is 5.75 Å². The first kappa shape index (κ1) is 18.2. The molecule has 0 aliphatic carbocycles. The van der Waals surface area contributed by atoms with Gasteiger partial charge in [0.05, 0.1) is 24.1 Å². The minimum atomic E-state index is -0.481. The fourth-order valence-electron chi connectivity index (χ4n) is 3.54. The Bertz CT molecular complexity index is 1140. The molecule has 0 saturated carbocycles. The van der Waals surface area contributed by atoms with Crippen molar-refractivity contribution in [1.29, 1.82) is 0 Å². The maximum absolute atomic E-state index is 13.9. The number of rotatable bonds is 4. The van der Waals surface area contributed by atoms with E-state index in [-0.39, 0.29) is 17.2 Å². The van der Waals surface area contributed by atoms with Crippen LogP contribution in [0.15, 0.2) is 41.2 Å². The van der Waals surface area contributed by atoms with Crippen molar-refractivity contribution in [2.45, 2.75) is 32.4 Å². The SMILES string of the molecule is COc1ccc([C@@H](C)NC(=O)c2ccc3c(=O)n4c(nc3c2)CCC4)cc1F. The molecule has 1 atom stereocenters. The van der Waals surface area contributed by atoms with Crippen LogP contribution < -0.4 is 15.6 Å². The van der Waals surface area contributed by atoms with Crippen LogP contribution in [-0.2, 0) is 13.0 Å². The minimum absolute atomic E-state index is 0.0634. The van der Waals surface area contributed by atoms with Crippen molar-refractivity contribution in [3.05, 3.63) is 69.5 Å². The zero-order chi connectivity index (χ0) is 19.8. The second-order valence-electron chi connectivity index (χ2n) is 6.91. The topological polar surface area (TPSA) is 73.2 Å². The van der Waals surface area contributed by atoms with Crippen LogP contribution in [0.2, 0.25) is 0 Å². The van der Waals surface area contributed by atoms with E-state index < -0.39 is 11.9 Å². The summed E-state index contributed by atoms with van der Waals surface area (Å²) in [4.78, 5) is 29.7. The molecule has 1 N–H and O–H groups in total. The van der Waals surface area contributed by atoms with Crippen molar-refractivity contribution in [2.24, 2.45) is 0 Å². The maximum atomic E-state index is 13.9. The highest BCUT2D eigenvalue weighted by Crippen LogP contribution is 2.22. The van der Waals surface area contributed by atoms with Gasteiger partial charge in [0.15, 0.2) is 11.6 Å². The molecular formula is C21H20FN3O3. The summed E-state index contributed by atoms with van der Waals surface area (Å²) in [6.07, 6.45) is 1.67. The molecule has 0 unspecified atom stereocenters. The Kier molecular flexibility index (Phi) is 4.58. The summed E-state index contributed by atoms with van der Waals surface area (Å²) in [5.74, 6) is 0.122. The molecule has 7 heteroatoms. The smallest absolute Gasteiger partial charge is 0.261 e. The number of amides is 1. The molecule has 2 heterocycles. The average Bonchev–Trinajstić information content (AvgIpc) is 3.16. The van der Waals surface area contributed by atoms with E-state index in [1.807, 2.05) is 0 Å². The molecule has 0 spiro atoms. The lowest BCUT2D eigenvalue weighted by molar-refractivity contribution is 0.0940. The number of hydrogen-bond donors (Lipinski definition) is 1. The van der Waals surface area contributed by atoms with E-state index in [0.717, 1.165) is 18.7 Å². The van der Waals surface area contributed by atoms with E-state index in [9.17, 15) is 14.0 Å². The Balaban J connectivity index is 1.59. The first-order chi connectivity index (χ1) is 13.5. The van der Waals surface area contributed by atoms with Gasteiger partial charge in [0, 0.05) is 18.5 Å². The number of methoxy groups -OCH3 is 1. The first-order valence-electron chi connectivity index (χ1n) is 9.15. The summed E-state index contributed by atoms with van der Waals surface area (Å²) in [5, 5.41) is 3.36. The Labute approximate surface area is 161 Å². The molecule has 0 bridgehead atoms. The molecule has 144 valence electrons. The zero-order valence-corrected chi connectivity index (χ0v) is 15.7. The molecule has 0 saturated heterocycles. The first-order valence-corrected chi connectivity index (χ1v) is 9.15. The second-order valence-corrected chi connectivity index (χ2v) is 6.91. The fraction of sp³-hybridized carbons (Fsp3) is 0.286. The third-order valence-corrected chi connectivity index (χ3v) is 5.10. The van der Waals surface area contributed by atoms with Gasteiger partial charge in [-0.3, -0.25) is 14.2 Å². The lowest BCUT2D eigenvalue weighted by Gasteiger charge is -2.15.